The summed E-state index contributed by atoms with van der Waals surface area (Å²) in [5, 5.41) is 8.83. The van der Waals surface area contributed by atoms with Gasteiger partial charge < -0.3 is 14.4 Å². The van der Waals surface area contributed by atoms with Gasteiger partial charge in [0.2, 0.25) is 15.8 Å². The number of likely N-dealkylation sites (tertiary alicyclic amines) is 1. The molecule has 2 N–H and O–H groups in total. The van der Waals surface area contributed by atoms with Gasteiger partial charge >= 0.3 is 5.97 Å². The lowest BCUT2D eigenvalue weighted by Crippen LogP contribution is -2.36. The van der Waals surface area contributed by atoms with Gasteiger partial charge in [-0.1, -0.05) is 0 Å². The number of nitrogens with one attached hydrogen (secondary N) is 1. The molecule has 0 unspecified atom stereocenters. The average Bonchev–Trinajstić information content (AvgIpc) is 2.81. The fourth-order valence-electron chi connectivity index (χ4n) is 2.41. The Morgan fingerprint density at radius 1 is 1.48 bits per heavy atom. The van der Waals surface area contributed by atoms with Crippen LogP contribution in [0.1, 0.15) is 29.2 Å². The number of furan rings is 1. The SMILES string of the molecule is Cc1oc(C(=O)O)cc1S(=O)(=O)NCC1CCN(C)CC1. The van der Waals surface area contributed by atoms with Crippen molar-refractivity contribution in [3.05, 3.63) is 17.6 Å². The Bertz CT molecular complexity index is 615. The first-order valence-corrected chi connectivity index (χ1v) is 8.30. The molecule has 0 amide bonds. The van der Waals surface area contributed by atoms with E-state index < -0.39 is 16.0 Å². The van der Waals surface area contributed by atoms with Crippen LogP contribution in [0.5, 0.6) is 0 Å². The molecule has 8 heteroatoms. The molecular formula is C13H20N2O5S. The highest BCUT2D eigenvalue weighted by Gasteiger charge is 2.25. The highest BCUT2D eigenvalue weighted by atomic mass is 32.2. The van der Waals surface area contributed by atoms with Crippen LogP contribution in [0.15, 0.2) is 15.4 Å². The van der Waals surface area contributed by atoms with Crippen LogP contribution in [-0.2, 0) is 10.0 Å². The average molecular weight is 316 g/mol. The number of hydrogen-bond donors (Lipinski definition) is 2. The minimum atomic E-state index is -3.74. The summed E-state index contributed by atoms with van der Waals surface area (Å²) in [6.45, 7) is 3.72. The third-order valence-electron chi connectivity index (χ3n) is 3.77. The van der Waals surface area contributed by atoms with Crippen LogP contribution in [0.2, 0.25) is 0 Å². The maximum atomic E-state index is 12.2. The smallest absolute Gasteiger partial charge is 0.371 e. The molecule has 0 aliphatic carbocycles. The molecule has 1 aromatic heterocycles. The van der Waals surface area contributed by atoms with Crippen molar-refractivity contribution >= 4 is 16.0 Å². The topological polar surface area (TPSA) is 99.8 Å². The van der Waals surface area contributed by atoms with E-state index in [4.69, 9.17) is 9.52 Å². The monoisotopic (exact) mass is 316 g/mol. The van der Waals surface area contributed by atoms with Crippen LogP contribution in [0.3, 0.4) is 0 Å². The molecule has 0 atom stereocenters. The number of nitrogens with zero attached hydrogens (tertiary/aromatic N) is 1. The van der Waals surface area contributed by atoms with E-state index in [1.54, 1.807) is 0 Å². The second-order valence-electron chi connectivity index (χ2n) is 5.43. The summed E-state index contributed by atoms with van der Waals surface area (Å²) in [6.07, 6.45) is 1.90. The number of aryl methyl sites for hydroxylation is 1. The van der Waals surface area contributed by atoms with Gasteiger partial charge in [-0.3, -0.25) is 0 Å². The number of rotatable bonds is 5. The molecular weight excluding hydrogens is 296 g/mol. The largest absolute Gasteiger partial charge is 0.475 e. The predicted octanol–water partition coefficient (Wildman–Crippen LogP) is 0.906. The van der Waals surface area contributed by atoms with Crippen LogP contribution in [0, 0.1) is 12.8 Å². The molecule has 1 aliphatic heterocycles. The second kappa shape index (κ2) is 6.17. The van der Waals surface area contributed by atoms with Crippen LogP contribution >= 0.6 is 0 Å². The number of carboxylic acid groups (broad SMARTS) is 1. The van der Waals surface area contributed by atoms with E-state index in [-0.39, 0.29) is 16.4 Å². The van der Waals surface area contributed by atoms with Gasteiger partial charge in [0.1, 0.15) is 10.7 Å². The third kappa shape index (κ3) is 3.84. The van der Waals surface area contributed by atoms with Crippen molar-refractivity contribution in [2.24, 2.45) is 5.92 Å². The van der Waals surface area contributed by atoms with Crippen molar-refractivity contribution < 1.29 is 22.7 Å². The highest BCUT2D eigenvalue weighted by molar-refractivity contribution is 7.89. The lowest BCUT2D eigenvalue weighted by atomic mass is 9.98. The van der Waals surface area contributed by atoms with E-state index in [2.05, 4.69) is 9.62 Å². The highest BCUT2D eigenvalue weighted by Crippen LogP contribution is 2.21. The molecule has 0 radical (unpaired) electrons. The van der Waals surface area contributed by atoms with E-state index >= 15 is 0 Å². The molecule has 1 aromatic rings. The summed E-state index contributed by atoms with van der Waals surface area (Å²) in [4.78, 5) is 12.9. The van der Waals surface area contributed by atoms with Crippen molar-refractivity contribution in [1.29, 1.82) is 0 Å². The summed E-state index contributed by atoms with van der Waals surface area (Å²) in [5.74, 6) is -1.26. The zero-order valence-electron chi connectivity index (χ0n) is 12.1. The maximum absolute atomic E-state index is 12.2. The molecule has 1 fully saturated rings. The van der Waals surface area contributed by atoms with E-state index in [1.807, 2.05) is 7.05 Å². The van der Waals surface area contributed by atoms with Crippen LogP contribution in [0.25, 0.3) is 0 Å². The Hall–Kier alpha value is -1.38. The van der Waals surface area contributed by atoms with Crippen LogP contribution < -0.4 is 4.72 Å². The van der Waals surface area contributed by atoms with Gasteiger partial charge in [-0.05, 0) is 45.8 Å². The minimum absolute atomic E-state index is 0.0864. The van der Waals surface area contributed by atoms with Crippen LogP contribution in [0.4, 0.5) is 0 Å². The normalized spacial score (nSPS) is 18.0. The van der Waals surface area contributed by atoms with E-state index in [0.717, 1.165) is 32.0 Å². The van der Waals surface area contributed by atoms with Crippen molar-refractivity contribution in [3.8, 4) is 0 Å². The number of piperidine rings is 1. The van der Waals surface area contributed by atoms with Gasteiger partial charge in [0.15, 0.2) is 0 Å². The lowest BCUT2D eigenvalue weighted by molar-refractivity contribution is 0.0661. The molecule has 2 rings (SSSR count). The third-order valence-corrected chi connectivity index (χ3v) is 5.30. The van der Waals surface area contributed by atoms with Gasteiger partial charge in [0.25, 0.3) is 0 Å². The molecule has 0 spiro atoms. The molecule has 118 valence electrons. The maximum Gasteiger partial charge on any atom is 0.371 e. The van der Waals surface area contributed by atoms with Crippen LogP contribution in [-0.4, -0.2) is 51.1 Å². The fraction of sp³-hybridized carbons (Fsp3) is 0.615. The summed E-state index contributed by atoms with van der Waals surface area (Å²) in [6, 6.07) is 1.05. The second-order valence-corrected chi connectivity index (χ2v) is 7.17. The zero-order chi connectivity index (χ0) is 15.6. The Labute approximate surface area is 124 Å². The summed E-state index contributed by atoms with van der Waals surface area (Å²) in [7, 11) is -1.69. The van der Waals surface area contributed by atoms with Gasteiger partial charge in [0, 0.05) is 12.6 Å². The molecule has 1 aliphatic rings. The fourth-order valence-corrected chi connectivity index (χ4v) is 3.70. The first kappa shape index (κ1) is 16.0. The molecule has 0 bridgehead atoms. The van der Waals surface area contributed by atoms with E-state index in [0.29, 0.717) is 12.5 Å². The van der Waals surface area contributed by atoms with Gasteiger partial charge in [-0.2, -0.15) is 0 Å². The van der Waals surface area contributed by atoms with Crippen molar-refractivity contribution in [3.63, 3.8) is 0 Å². The number of carboxylic acids is 1. The minimum Gasteiger partial charge on any atom is -0.475 e. The van der Waals surface area contributed by atoms with Crippen molar-refractivity contribution in [1.82, 2.24) is 9.62 Å². The van der Waals surface area contributed by atoms with Gasteiger partial charge in [-0.15, -0.1) is 0 Å². The number of aromatic carboxylic acids is 1. The molecule has 7 nitrogen and oxygen atoms in total. The lowest BCUT2D eigenvalue weighted by Gasteiger charge is -2.28. The molecule has 2 heterocycles. The first-order valence-electron chi connectivity index (χ1n) is 6.81. The standard InChI is InChI=1S/C13H20N2O5S/c1-9-12(7-11(20-9)13(16)17)21(18,19)14-8-10-3-5-15(2)6-4-10/h7,10,14H,3-6,8H2,1-2H3,(H,16,17). The van der Waals surface area contributed by atoms with Gasteiger partial charge in [0.05, 0.1) is 0 Å². The zero-order valence-corrected chi connectivity index (χ0v) is 12.9. The quantitative estimate of drug-likeness (QED) is 0.837. The van der Waals surface area contributed by atoms with E-state index in [1.165, 1.54) is 6.92 Å². The molecule has 0 aromatic carbocycles. The molecule has 21 heavy (non-hydrogen) atoms. The Morgan fingerprint density at radius 2 is 2.10 bits per heavy atom. The summed E-state index contributed by atoms with van der Waals surface area (Å²) in [5.41, 5.74) is 0. The Morgan fingerprint density at radius 3 is 2.62 bits per heavy atom. The number of carbonyl (C=O) groups is 1. The van der Waals surface area contributed by atoms with Crippen molar-refractivity contribution in [2.75, 3.05) is 26.7 Å². The van der Waals surface area contributed by atoms with Crippen molar-refractivity contribution in [2.45, 2.75) is 24.7 Å². The predicted molar refractivity (Wildman–Crippen MR) is 75.8 cm³/mol. The number of sulfonamides is 1. The molecule has 0 saturated carbocycles. The summed E-state index contributed by atoms with van der Waals surface area (Å²) < 4.78 is 31.9. The summed E-state index contributed by atoms with van der Waals surface area (Å²) >= 11 is 0. The number of hydrogen-bond acceptors (Lipinski definition) is 5. The Balaban J connectivity index is 2.03. The van der Waals surface area contributed by atoms with E-state index in [9.17, 15) is 13.2 Å². The first-order chi connectivity index (χ1) is 9.79. The van der Waals surface area contributed by atoms with Gasteiger partial charge in [-0.25, -0.2) is 17.9 Å². The molecule has 1 saturated heterocycles. The Kier molecular flexibility index (Phi) is 4.70.